The van der Waals surface area contributed by atoms with E-state index in [1.807, 2.05) is 0 Å². The molecule has 2 fully saturated rings. The Hall–Kier alpha value is -0.650. The highest BCUT2D eigenvalue weighted by molar-refractivity contribution is 5.72. The molecular formula is C11H19NO4. The molecule has 0 aromatic heterocycles. The second-order valence-electron chi connectivity index (χ2n) is 4.45. The van der Waals surface area contributed by atoms with Gasteiger partial charge in [-0.05, 0) is 19.3 Å². The quantitative estimate of drug-likeness (QED) is 0.756. The number of carboxylic acid groups (broad SMARTS) is 1. The predicted octanol–water partition coefficient (Wildman–Crippen LogP) is 0.341. The van der Waals surface area contributed by atoms with Gasteiger partial charge in [0.25, 0.3) is 0 Å². The van der Waals surface area contributed by atoms with Gasteiger partial charge in [-0.3, -0.25) is 4.90 Å². The van der Waals surface area contributed by atoms with Crippen molar-refractivity contribution >= 4 is 5.97 Å². The highest BCUT2D eigenvalue weighted by Crippen LogP contribution is 2.15. The lowest BCUT2D eigenvalue weighted by atomic mass is 10.1. The zero-order chi connectivity index (χ0) is 11.4. The Morgan fingerprint density at radius 3 is 2.88 bits per heavy atom. The lowest BCUT2D eigenvalue weighted by Crippen LogP contribution is -2.49. The van der Waals surface area contributed by atoms with Crippen LogP contribution in [0.15, 0.2) is 0 Å². The number of rotatable bonds is 3. The van der Waals surface area contributed by atoms with Gasteiger partial charge in [0.1, 0.15) is 0 Å². The van der Waals surface area contributed by atoms with Crippen LogP contribution in [-0.4, -0.2) is 61.0 Å². The number of ether oxygens (including phenoxy) is 2. The van der Waals surface area contributed by atoms with Crippen molar-refractivity contribution in [2.75, 3.05) is 32.8 Å². The normalized spacial score (nSPS) is 32.5. The van der Waals surface area contributed by atoms with Crippen LogP contribution in [0.1, 0.15) is 19.3 Å². The maximum atomic E-state index is 10.8. The van der Waals surface area contributed by atoms with Crippen LogP contribution >= 0.6 is 0 Å². The number of carboxylic acids is 1. The molecule has 0 saturated carbocycles. The van der Waals surface area contributed by atoms with Crippen molar-refractivity contribution in [1.82, 2.24) is 4.90 Å². The highest BCUT2D eigenvalue weighted by Gasteiger charge is 2.28. The van der Waals surface area contributed by atoms with E-state index in [9.17, 15) is 4.79 Å². The topological polar surface area (TPSA) is 59.0 Å². The molecule has 1 N–H and O–H groups in total. The molecule has 2 aliphatic heterocycles. The molecule has 0 bridgehead atoms. The Morgan fingerprint density at radius 1 is 1.31 bits per heavy atom. The largest absolute Gasteiger partial charge is 0.479 e. The van der Waals surface area contributed by atoms with E-state index in [2.05, 4.69) is 4.90 Å². The smallest absolute Gasteiger partial charge is 0.334 e. The van der Waals surface area contributed by atoms with Crippen LogP contribution in [0.5, 0.6) is 0 Å². The van der Waals surface area contributed by atoms with Gasteiger partial charge in [0, 0.05) is 26.2 Å². The third-order valence-corrected chi connectivity index (χ3v) is 3.16. The van der Waals surface area contributed by atoms with E-state index < -0.39 is 12.1 Å². The van der Waals surface area contributed by atoms with Crippen LogP contribution in [0, 0.1) is 0 Å². The molecule has 0 aromatic carbocycles. The molecule has 0 amide bonds. The summed E-state index contributed by atoms with van der Waals surface area (Å²) in [6.07, 6.45) is 3.07. The molecular weight excluding hydrogens is 210 g/mol. The molecule has 0 aliphatic carbocycles. The summed E-state index contributed by atoms with van der Waals surface area (Å²) in [5, 5.41) is 8.88. The maximum absolute atomic E-state index is 10.8. The van der Waals surface area contributed by atoms with Crippen LogP contribution in [0.2, 0.25) is 0 Å². The maximum Gasteiger partial charge on any atom is 0.334 e. The van der Waals surface area contributed by atoms with Crippen molar-refractivity contribution in [1.29, 1.82) is 0 Å². The summed E-state index contributed by atoms with van der Waals surface area (Å²) in [7, 11) is 0. The van der Waals surface area contributed by atoms with E-state index in [4.69, 9.17) is 14.6 Å². The molecule has 16 heavy (non-hydrogen) atoms. The first-order valence-corrected chi connectivity index (χ1v) is 5.94. The Labute approximate surface area is 95.3 Å². The van der Waals surface area contributed by atoms with Crippen molar-refractivity contribution in [3.8, 4) is 0 Å². The third-order valence-electron chi connectivity index (χ3n) is 3.16. The summed E-state index contributed by atoms with van der Waals surface area (Å²) >= 11 is 0. The van der Waals surface area contributed by atoms with Gasteiger partial charge in [0.05, 0.1) is 12.7 Å². The summed E-state index contributed by atoms with van der Waals surface area (Å²) in [5.74, 6) is -0.866. The van der Waals surface area contributed by atoms with E-state index in [0.29, 0.717) is 13.2 Å². The zero-order valence-electron chi connectivity index (χ0n) is 9.43. The summed E-state index contributed by atoms with van der Waals surface area (Å²) in [5.41, 5.74) is 0. The molecule has 0 aromatic rings. The fourth-order valence-corrected chi connectivity index (χ4v) is 2.26. The average Bonchev–Trinajstić information content (AvgIpc) is 2.30. The van der Waals surface area contributed by atoms with Gasteiger partial charge in [0.2, 0.25) is 0 Å². The summed E-state index contributed by atoms with van der Waals surface area (Å²) in [4.78, 5) is 12.9. The van der Waals surface area contributed by atoms with E-state index in [-0.39, 0.29) is 6.10 Å². The molecule has 92 valence electrons. The average molecular weight is 229 g/mol. The first-order valence-electron chi connectivity index (χ1n) is 5.94. The Balaban J connectivity index is 1.78. The summed E-state index contributed by atoms with van der Waals surface area (Å²) in [6, 6.07) is 0. The number of morpholine rings is 1. The molecule has 2 saturated heterocycles. The van der Waals surface area contributed by atoms with E-state index >= 15 is 0 Å². The lowest BCUT2D eigenvalue weighted by molar-refractivity contribution is -0.157. The van der Waals surface area contributed by atoms with E-state index in [0.717, 1.165) is 32.5 Å². The summed E-state index contributed by atoms with van der Waals surface area (Å²) < 4.78 is 10.8. The van der Waals surface area contributed by atoms with Crippen molar-refractivity contribution in [3.05, 3.63) is 0 Å². The molecule has 2 aliphatic rings. The van der Waals surface area contributed by atoms with Gasteiger partial charge in [-0.2, -0.15) is 0 Å². The SMILES string of the molecule is O=C(O)C1CN(CC2CCCCO2)CCO1. The van der Waals surface area contributed by atoms with E-state index in [1.54, 1.807) is 0 Å². The third kappa shape index (κ3) is 3.17. The number of carbonyl (C=O) groups is 1. The molecule has 2 rings (SSSR count). The molecule has 0 spiro atoms. The second kappa shape index (κ2) is 5.61. The standard InChI is InChI=1S/C11H19NO4/c13-11(14)10-8-12(4-6-16-10)7-9-3-1-2-5-15-9/h9-10H,1-8H2,(H,13,14). The zero-order valence-corrected chi connectivity index (χ0v) is 9.43. The molecule has 2 heterocycles. The number of aliphatic carboxylic acids is 1. The van der Waals surface area contributed by atoms with E-state index in [1.165, 1.54) is 6.42 Å². The van der Waals surface area contributed by atoms with Crippen LogP contribution < -0.4 is 0 Å². The van der Waals surface area contributed by atoms with Gasteiger partial charge in [-0.15, -0.1) is 0 Å². The minimum atomic E-state index is -0.866. The molecule has 2 atom stereocenters. The molecule has 2 unspecified atom stereocenters. The fraction of sp³-hybridized carbons (Fsp3) is 0.909. The Morgan fingerprint density at radius 2 is 2.19 bits per heavy atom. The monoisotopic (exact) mass is 229 g/mol. The number of hydrogen-bond acceptors (Lipinski definition) is 4. The highest BCUT2D eigenvalue weighted by atomic mass is 16.5. The predicted molar refractivity (Wildman–Crippen MR) is 57.4 cm³/mol. The Bertz CT molecular complexity index is 240. The second-order valence-corrected chi connectivity index (χ2v) is 4.45. The first kappa shape index (κ1) is 11.8. The molecule has 5 nitrogen and oxygen atoms in total. The summed E-state index contributed by atoms with van der Waals surface area (Å²) in [6.45, 7) is 3.48. The number of hydrogen-bond donors (Lipinski definition) is 1. The minimum absolute atomic E-state index is 0.279. The van der Waals surface area contributed by atoms with Crippen molar-refractivity contribution in [2.24, 2.45) is 0 Å². The van der Waals surface area contributed by atoms with Gasteiger partial charge < -0.3 is 14.6 Å². The molecule has 5 heteroatoms. The van der Waals surface area contributed by atoms with Gasteiger partial charge in [-0.1, -0.05) is 0 Å². The van der Waals surface area contributed by atoms with Crippen molar-refractivity contribution in [3.63, 3.8) is 0 Å². The van der Waals surface area contributed by atoms with Crippen LogP contribution in [0.3, 0.4) is 0 Å². The minimum Gasteiger partial charge on any atom is -0.479 e. The molecule has 0 radical (unpaired) electrons. The van der Waals surface area contributed by atoms with Crippen LogP contribution in [0.4, 0.5) is 0 Å². The van der Waals surface area contributed by atoms with Crippen molar-refractivity contribution < 1.29 is 19.4 Å². The number of nitrogens with zero attached hydrogens (tertiary/aromatic N) is 1. The van der Waals surface area contributed by atoms with Crippen LogP contribution in [0.25, 0.3) is 0 Å². The van der Waals surface area contributed by atoms with Gasteiger partial charge in [-0.25, -0.2) is 4.79 Å². The van der Waals surface area contributed by atoms with Gasteiger partial charge in [0.15, 0.2) is 6.10 Å². The Kier molecular flexibility index (Phi) is 4.15. The first-order chi connectivity index (χ1) is 7.75. The van der Waals surface area contributed by atoms with Crippen molar-refractivity contribution in [2.45, 2.75) is 31.5 Å². The van der Waals surface area contributed by atoms with Gasteiger partial charge >= 0.3 is 5.97 Å². The lowest BCUT2D eigenvalue weighted by Gasteiger charge is -2.34. The fourth-order valence-electron chi connectivity index (χ4n) is 2.26. The van der Waals surface area contributed by atoms with Crippen LogP contribution in [-0.2, 0) is 14.3 Å².